The van der Waals surface area contributed by atoms with E-state index in [1.807, 2.05) is 35.1 Å². The number of hydrogen-bond acceptors (Lipinski definition) is 11. The molecule has 2 aliphatic heterocycles. The number of alkyl halides is 5. The van der Waals surface area contributed by atoms with E-state index in [0.717, 1.165) is 61.6 Å². The standard InChI is InChI=1S/C50H63F5N6O7S3/c1-47(2)19-15-35(41(28-47)48-31-49(32-48,33-48)45(51)52)29-60-23-25-61(26-24-60)38-11-9-34(10-12-38)44(62)57-71(67,68)40-13-14-42(43(27-40)70(65,66)50(53,54)55)56-36(30-69-39-7-5-4-6-8-39)16-20-59-21-17-37(18-22-59)58(3)46(63)64/h4-14,27,36-37,45,56H,15-26,28-33H2,1-3H3,(H,57,62)(H,63,64)/t36-,48?,49?/m1/s1. The highest BCUT2D eigenvalue weighted by atomic mass is 32.2. The first kappa shape index (κ1) is 52.9. The van der Waals surface area contributed by atoms with Gasteiger partial charge in [-0.15, -0.1) is 11.8 Å². The van der Waals surface area contributed by atoms with Crippen LogP contribution in [0, 0.1) is 16.2 Å². The van der Waals surface area contributed by atoms with E-state index >= 15 is 0 Å². The van der Waals surface area contributed by atoms with Gasteiger partial charge in [-0.05, 0) is 123 Å². The molecule has 0 unspecified atom stereocenters. The molecule has 3 N–H and O–H groups in total. The van der Waals surface area contributed by atoms with Gasteiger partial charge in [0.05, 0.1) is 10.6 Å². The number of allylic oxidation sites excluding steroid dienone is 1. The number of piperazine rings is 1. The predicted molar refractivity (Wildman–Crippen MR) is 263 cm³/mol. The number of thioether (sulfide) groups is 1. The summed E-state index contributed by atoms with van der Waals surface area (Å²) in [5, 5.41) is 12.4. The molecule has 2 saturated heterocycles. The number of halogens is 5. The van der Waals surface area contributed by atoms with E-state index in [1.165, 1.54) is 47.0 Å². The Kier molecular flexibility index (Phi) is 15.2. The zero-order valence-electron chi connectivity index (χ0n) is 40.2. The second kappa shape index (κ2) is 20.5. The summed E-state index contributed by atoms with van der Waals surface area (Å²) in [5.41, 5.74) is -3.37. The number of hydrogen-bond donors (Lipinski definition) is 3. The molecule has 3 saturated carbocycles. The van der Waals surface area contributed by atoms with Crippen LogP contribution < -0.4 is 14.9 Å². The lowest BCUT2D eigenvalue weighted by molar-refractivity contribution is -0.250. The molecule has 9 rings (SSSR count). The summed E-state index contributed by atoms with van der Waals surface area (Å²) in [6, 6.07) is 17.0. The van der Waals surface area contributed by atoms with Crippen molar-refractivity contribution in [3.05, 3.63) is 89.5 Å². The number of nitrogens with zero attached hydrogens (tertiary/aromatic N) is 4. The molecule has 1 atom stereocenters. The van der Waals surface area contributed by atoms with Crippen LogP contribution in [0.15, 0.2) is 98.6 Å². The summed E-state index contributed by atoms with van der Waals surface area (Å²) < 4.78 is 126. The van der Waals surface area contributed by atoms with E-state index in [9.17, 15) is 53.5 Å². The van der Waals surface area contributed by atoms with Crippen LogP contribution in [0.2, 0.25) is 0 Å². The lowest BCUT2D eigenvalue weighted by Crippen LogP contribution is -2.66. The Bertz CT molecular complexity index is 2670. The van der Waals surface area contributed by atoms with Gasteiger partial charge in [-0.1, -0.05) is 43.2 Å². The first-order valence-corrected chi connectivity index (χ1v) is 28.1. The molecule has 5 fully saturated rings. The molecule has 4 aliphatic carbocycles. The number of piperidine rings is 1. The van der Waals surface area contributed by atoms with Gasteiger partial charge in [0.2, 0.25) is 6.43 Å². The summed E-state index contributed by atoms with van der Waals surface area (Å²) in [7, 11) is -9.51. The van der Waals surface area contributed by atoms with Crippen molar-refractivity contribution in [3.8, 4) is 0 Å². The van der Waals surface area contributed by atoms with Crippen LogP contribution in [0.25, 0.3) is 0 Å². The summed E-state index contributed by atoms with van der Waals surface area (Å²) in [4.78, 5) is 31.5. The first-order chi connectivity index (χ1) is 33.4. The molecular formula is C50H63F5N6O7S3. The third-order valence-electron chi connectivity index (χ3n) is 15.5. The van der Waals surface area contributed by atoms with E-state index in [-0.39, 0.29) is 22.4 Å². The highest BCUT2D eigenvalue weighted by molar-refractivity contribution is 7.99. The van der Waals surface area contributed by atoms with E-state index in [2.05, 4.69) is 33.9 Å². The molecule has 13 nitrogen and oxygen atoms in total. The second-order valence-electron chi connectivity index (χ2n) is 21.0. The summed E-state index contributed by atoms with van der Waals surface area (Å²) in [5.74, 6) is -0.768. The molecule has 0 radical (unpaired) electrons. The number of anilines is 2. The van der Waals surface area contributed by atoms with Crippen LogP contribution in [0.1, 0.15) is 82.0 Å². The third-order valence-corrected chi connectivity index (χ3v) is 19.5. The van der Waals surface area contributed by atoms with Crippen molar-refractivity contribution in [2.45, 2.75) is 110 Å². The number of sulfonamides is 1. The van der Waals surface area contributed by atoms with Gasteiger partial charge in [0.15, 0.2) is 0 Å². The Labute approximate surface area is 417 Å². The minimum Gasteiger partial charge on any atom is -0.465 e. The van der Waals surface area contributed by atoms with Crippen molar-refractivity contribution in [1.29, 1.82) is 0 Å². The molecule has 21 heteroatoms. The number of carboxylic acid groups (broad SMARTS) is 1. The van der Waals surface area contributed by atoms with Crippen LogP contribution in [0.4, 0.5) is 38.1 Å². The number of nitrogens with one attached hydrogen (secondary N) is 2. The van der Waals surface area contributed by atoms with E-state index < -0.39 is 70.7 Å². The minimum atomic E-state index is -6.12. The molecule has 2 heterocycles. The number of amides is 2. The van der Waals surface area contributed by atoms with Crippen molar-refractivity contribution in [1.82, 2.24) is 19.4 Å². The maximum absolute atomic E-state index is 14.3. The Morgan fingerprint density at radius 3 is 2.14 bits per heavy atom. The zero-order valence-corrected chi connectivity index (χ0v) is 42.6. The van der Waals surface area contributed by atoms with Gasteiger partial charge in [-0.3, -0.25) is 9.69 Å². The van der Waals surface area contributed by atoms with Gasteiger partial charge in [-0.25, -0.2) is 35.1 Å². The molecule has 388 valence electrons. The molecule has 2 amide bonds. The fourth-order valence-corrected chi connectivity index (χ4v) is 14.3. The average molecular weight is 1050 g/mol. The predicted octanol–water partition coefficient (Wildman–Crippen LogP) is 9.20. The first-order valence-electron chi connectivity index (χ1n) is 24.1. The maximum atomic E-state index is 14.3. The van der Waals surface area contributed by atoms with Gasteiger partial charge in [0.1, 0.15) is 4.90 Å². The van der Waals surface area contributed by atoms with Gasteiger partial charge < -0.3 is 25.1 Å². The molecule has 0 aromatic heterocycles. The third kappa shape index (κ3) is 11.5. The van der Waals surface area contributed by atoms with Crippen molar-refractivity contribution in [2.24, 2.45) is 16.2 Å². The van der Waals surface area contributed by atoms with Crippen LogP contribution >= 0.6 is 11.8 Å². The van der Waals surface area contributed by atoms with Crippen LogP contribution in [-0.4, -0.2) is 138 Å². The molecule has 3 aromatic rings. The quantitative estimate of drug-likeness (QED) is 0.0631. The molecular weight excluding hydrogens is 988 g/mol. The highest BCUT2D eigenvalue weighted by Gasteiger charge is 2.73. The van der Waals surface area contributed by atoms with Crippen LogP contribution in [0.5, 0.6) is 0 Å². The van der Waals surface area contributed by atoms with Crippen LogP contribution in [-0.2, 0) is 19.9 Å². The van der Waals surface area contributed by atoms with E-state index in [0.29, 0.717) is 83.1 Å². The van der Waals surface area contributed by atoms with Crippen molar-refractivity contribution in [3.63, 3.8) is 0 Å². The molecule has 2 bridgehead atoms. The molecule has 0 spiro atoms. The Hall–Kier alpha value is -4.44. The normalized spacial score (nSPS) is 23.7. The van der Waals surface area contributed by atoms with Gasteiger partial charge in [-0.2, -0.15) is 13.2 Å². The number of carbonyl (C=O) groups is 2. The van der Waals surface area contributed by atoms with Crippen molar-refractivity contribution < 1.29 is 53.5 Å². The topological polar surface area (TPSA) is 160 Å². The largest absolute Gasteiger partial charge is 0.501 e. The fraction of sp³-hybridized carbons (Fsp3) is 0.560. The second-order valence-corrected chi connectivity index (χ2v) is 25.7. The molecule has 3 aromatic carbocycles. The van der Waals surface area contributed by atoms with E-state index in [4.69, 9.17) is 0 Å². The average Bonchev–Trinajstić information content (AvgIpc) is 3.29. The van der Waals surface area contributed by atoms with Crippen LogP contribution in [0.3, 0.4) is 0 Å². The molecule has 6 aliphatic rings. The summed E-state index contributed by atoms with van der Waals surface area (Å²) in [6.07, 6.45) is 2.99. The summed E-state index contributed by atoms with van der Waals surface area (Å²) in [6.45, 7) is 9.83. The van der Waals surface area contributed by atoms with Crippen molar-refractivity contribution in [2.75, 3.05) is 75.4 Å². The number of rotatable bonds is 18. The zero-order chi connectivity index (χ0) is 51.1. The maximum Gasteiger partial charge on any atom is 0.501 e. The Morgan fingerprint density at radius 1 is 0.887 bits per heavy atom. The lowest BCUT2D eigenvalue weighted by Gasteiger charge is -2.72. The van der Waals surface area contributed by atoms with E-state index in [1.54, 1.807) is 12.1 Å². The summed E-state index contributed by atoms with van der Waals surface area (Å²) >= 11 is 1.40. The lowest BCUT2D eigenvalue weighted by atomic mass is 9.32. The molecule has 71 heavy (non-hydrogen) atoms. The highest BCUT2D eigenvalue weighted by Crippen LogP contribution is 2.79. The number of likely N-dealkylation sites (tertiary alicyclic amines) is 1. The van der Waals surface area contributed by atoms with Gasteiger partial charge >= 0.3 is 11.6 Å². The monoisotopic (exact) mass is 1050 g/mol. The van der Waals surface area contributed by atoms with Gasteiger partial charge in [0, 0.05) is 98.8 Å². The smallest absolute Gasteiger partial charge is 0.465 e. The number of sulfone groups is 1. The Balaban J connectivity index is 0.915. The van der Waals surface area contributed by atoms with Crippen molar-refractivity contribution >= 4 is 55.0 Å². The SMILES string of the molecule is CN(C(=O)O)C1CCN(CC[C@H](CSc2ccccc2)Nc2ccc(S(=O)(=O)NC(=O)c3ccc(N4CCN(CC5=C(C67CC(C(F)F)(C6)C7)CC(C)(C)CC5)CC4)cc3)cc2S(=O)(=O)C(F)(F)F)CC1. The minimum absolute atomic E-state index is 0.0452. The number of benzene rings is 3. The Morgan fingerprint density at radius 2 is 1.54 bits per heavy atom. The van der Waals surface area contributed by atoms with Gasteiger partial charge in [0.25, 0.3) is 25.8 Å². The fourth-order valence-electron chi connectivity index (χ4n) is 11.3. The number of carbonyl (C=O) groups excluding carboxylic acids is 1.